The highest BCUT2D eigenvalue weighted by atomic mass is 35.5. The summed E-state index contributed by atoms with van der Waals surface area (Å²) >= 11 is 5.83. The van der Waals surface area contributed by atoms with E-state index in [1.807, 2.05) is 30.3 Å². The lowest BCUT2D eigenvalue weighted by Gasteiger charge is -2.10. The topological polar surface area (TPSA) is 72.8 Å². The van der Waals surface area contributed by atoms with Crippen LogP contribution >= 0.6 is 11.6 Å². The van der Waals surface area contributed by atoms with Gasteiger partial charge in [0, 0.05) is 30.4 Å². The number of benzene rings is 1. The molecule has 0 aliphatic heterocycles. The van der Waals surface area contributed by atoms with E-state index in [4.69, 9.17) is 16.3 Å². The van der Waals surface area contributed by atoms with E-state index in [1.165, 1.54) is 0 Å². The molecular formula is C20H16ClN5O. The molecule has 7 heteroatoms. The summed E-state index contributed by atoms with van der Waals surface area (Å²) in [6.45, 7) is 0.516. The van der Waals surface area contributed by atoms with Crippen LogP contribution in [0.15, 0.2) is 67.3 Å². The third kappa shape index (κ3) is 4.30. The Kier molecular flexibility index (Phi) is 5.07. The van der Waals surface area contributed by atoms with Gasteiger partial charge in [-0.25, -0.2) is 19.9 Å². The molecule has 27 heavy (non-hydrogen) atoms. The smallest absolute Gasteiger partial charge is 0.138 e. The van der Waals surface area contributed by atoms with E-state index in [0.717, 1.165) is 33.9 Å². The minimum Gasteiger partial charge on any atom is -0.493 e. The van der Waals surface area contributed by atoms with Crippen molar-refractivity contribution in [1.29, 1.82) is 0 Å². The van der Waals surface area contributed by atoms with Crippen LogP contribution in [0.1, 0.15) is 5.82 Å². The normalized spacial score (nSPS) is 10.7. The average molecular weight is 378 g/mol. The van der Waals surface area contributed by atoms with Crippen molar-refractivity contribution in [2.75, 3.05) is 11.9 Å². The van der Waals surface area contributed by atoms with Crippen molar-refractivity contribution in [3.8, 4) is 5.75 Å². The summed E-state index contributed by atoms with van der Waals surface area (Å²) in [5, 5.41) is 5.74. The summed E-state index contributed by atoms with van der Waals surface area (Å²) in [7, 11) is 0. The molecule has 4 aromatic rings. The van der Waals surface area contributed by atoms with E-state index in [-0.39, 0.29) is 0 Å². The molecule has 3 heterocycles. The van der Waals surface area contributed by atoms with Crippen molar-refractivity contribution in [2.45, 2.75) is 6.42 Å². The Morgan fingerprint density at radius 1 is 0.926 bits per heavy atom. The van der Waals surface area contributed by atoms with Crippen LogP contribution in [-0.2, 0) is 6.42 Å². The zero-order valence-corrected chi connectivity index (χ0v) is 15.1. The molecule has 1 aromatic carbocycles. The van der Waals surface area contributed by atoms with Gasteiger partial charge in [-0.3, -0.25) is 0 Å². The van der Waals surface area contributed by atoms with Crippen molar-refractivity contribution in [1.82, 2.24) is 19.9 Å². The van der Waals surface area contributed by atoms with E-state index in [2.05, 4.69) is 25.3 Å². The summed E-state index contributed by atoms with van der Waals surface area (Å²) in [4.78, 5) is 16.9. The molecule has 0 atom stereocenters. The first-order chi connectivity index (χ1) is 13.3. The maximum Gasteiger partial charge on any atom is 0.138 e. The van der Waals surface area contributed by atoms with E-state index in [1.54, 1.807) is 36.9 Å². The standard InChI is InChI=1S/C20H16ClN5O/c21-18-5-2-15(13-25-18)26-20-17-4-3-16(12-14(17)6-10-24-20)27-11-7-19-22-8-1-9-23-19/h1-6,8-10,12-13H,7,11H2,(H,24,26). The quantitative estimate of drug-likeness (QED) is 0.501. The lowest BCUT2D eigenvalue weighted by molar-refractivity contribution is 0.319. The lowest BCUT2D eigenvalue weighted by atomic mass is 10.1. The van der Waals surface area contributed by atoms with Gasteiger partial charge < -0.3 is 10.1 Å². The number of halogens is 1. The number of ether oxygens (including phenoxy) is 1. The van der Waals surface area contributed by atoms with Gasteiger partial charge in [0.25, 0.3) is 0 Å². The maximum atomic E-state index is 5.84. The zero-order chi connectivity index (χ0) is 18.5. The molecule has 0 radical (unpaired) electrons. The van der Waals surface area contributed by atoms with Gasteiger partial charge in [0.2, 0.25) is 0 Å². The Morgan fingerprint density at radius 3 is 2.63 bits per heavy atom. The number of rotatable bonds is 6. The number of aromatic nitrogens is 4. The number of nitrogens with one attached hydrogen (secondary N) is 1. The predicted molar refractivity (Wildman–Crippen MR) is 106 cm³/mol. The van der Waals surface area contributed by atoms with Gasteiger partial charge >= 0.3 is 0 Å². The van der Waals surface area contributed by atoms with Gasteiger partial charge in [-0.1, -0.05) is 11.6 Å². The SMILES string of the molecule is Clc1ccc(Nc2nccc3cc(OCCc4ncccn4)ccc23)cn1. The average Bonchev–Trinajstić information content (AvgIpc) is 2.71. The lowest BCUT2D eigenvalue weighted by Crippen LogP contribution is -2.04. The minimum absolute atomic E-state index is 0.453. The van der Waals surface area contributed by atoms with Crippen LogP contribution in [0.2, 0.25) is 5.15 Å². The Balaban J connectivity index is 1.48. The highest BCUT2D eigenvalue weighted by Crippen LogP contribution is 2.27. The van der Waals surface area contributed by atoms with Gasteiger partial charge in [-0.05, 0) is 47.9 Å². The summed E-state index contributed by atoms with van der Waals surface area (Å²) in [6.07, 6.45) is 7.55. The number of anilines is 2. The third-order valence-electron chi connectivity index (χ3n) is 3.94. The first-order valence-electron chi connectivity index (χ1n) is 8.44. The van der Waals surface area contributed by atoms with Gasteiger partial charge in [-0.15, -0.1) is 0 Å². The van der Waals surface area contributed by atoms with Crippen LogP contribution in [0.4, 0.5) is 11.5 Å². The molecule has 0 fully saturated rings. The van der Waals surface area contributed by atoms with Crippen LogP contribution in [0.25, 0.3) is 10.8 Å². The summed E-state index contributed by atoms with van der Waals surface area (Å²) < 4.78 is 5.84. The molecule has 0 bridgehead atoms. The number of hydrogen-bond acceptors (Lipinski definition) is 6. The van der Waals surface area contributed by atoms with Crippen LogP contribution in [0.3, 0.4) is 0 Å². The van der Waals surface area contributed by atoms with Gasteiger partial charge in [0.05, 0.1) is 18.5 Å². The van der Waals surface area contributed by atoms with E-state index in [0.29, 0.717) is 18.2 Å². The first-order valence-corrected chi connectivity index (χ1v) is 8.82. The van der Waals surface area contributed by atoms with Crippen LogP contribution < -0.4 is 10.1 Å². The molecule has 0 saturated heterocycles. The van der Waals surface area contributed by atoms with Crippen molar-refractivity contribution in [3.05, 3.63) is 78.2 Å². The molecule has 0 aliphatic rings. The Hall–Kier alpha value is -3.25. The second-order valence-corrected chi connectivity index (χ2v) is 6.19. The Bertz CT molecular complexity index is 1040. The molecule has 0 saturated carbocycles. The molecule has 3 aromatic heterocycles. The summed E-state index contributed by atoms with van der Waals surface area (Å²) in [5.41, 5.74) is 0.822. The minimum atomic E-state index is 0.453. The number of hydrogen-bond donors (Lipinski definition) is 1. The highest BCUT2D eigenvalue weighted by molar-refractivity contribution is 6.29. The fraction of sp³-hybridized carbons (Fsp3) is 0.100. The van der Waals surface area contributed by atoms with E-state index < -0.39 is 0 Å². The molecule has 134 valence electrons. The Morgan fingerprint density at radius 2 is 1.81 bits per heavy atom. The van der Waals surface area contributed by atoms with Crippen molar-refractivity contribution >= 4 is 33.9 Å². The van der Waals surface area contributed by atoms with Gasteiger partial charge in [-0.2, -0.15) is 0 Å². The summed E-state index contributed by atoms with van der Waals surface area (Å²) in [5.74, 6) is 2.31. The Labute approximate surface area is 161 Å². The molecule has 0 spiro atoms. The summed E-state index contributed by atoms with van der Waals surface area (Å²) in [6, 6.07) is 13.3. The second-order valence-electron chi connectivity index (χ2n) is 5.80. The number of nitrogens with zero attached hydrogens (tertiary/aromatic N) is 4. The van der Waals surface area contributed by atoms with Crippen molar-refractivity contribution < 1.29 is 4.74 Å². The van der Waals surface area contributed by atoms with E-state index >= 15 is 0 Å². The molecule has 4 rings (SSSR count). The predicted octanol–water partition coefficient (Wildman–Crippen LogP) is 4.44. The maximum absolute atomic E-state index is 5.84. The molecule has 0 amide bonds. The number of pyridine rings is 2. The van der Waals surface area contributed by atoms with Crippen LogP contribution in [0.5, 0.6) is 5.75 Å². The van der Waals surface area contributed by atoms with Gasteiger partial charge in [0.1, 0.15) is 22.5 Å². The zero-order valence-electron chi connectivity index (χ0n) is 14.3. The van der Waals surface area contributed by atoms with Gasteiger partial charge in [0.15, 0.2) is 0 Å². The fourth-order valence-corrected chi connectivity index (χ4v) is 2.76. The van der Waals surface area contributed by atoms with Crippen LogP contribution in [0, 0.1) is 0 Å². The monoisotopic (exact) mass is 377 g/mol. The molecule has 0 unspecified atom stereocenters. The van der Waals surface area contributed by atoms with Crippen LogP contribution in [-0.4, -0.2) is 26.5 Å². The molecule has 1 N–H and O–H groups in total. The van der Waals surface area contributed by atoms with Crippen molar-refractivity contribution in [2.24, 2.45) is 0 Å². The first kappa shape index (κ1) is 17.2. The van der Waals surface area contributed by atoms with E-state index in [9.17, 15) is 0 Å². The highest BCUT2D eigenvalue weighted by Gasteiger charge is 2.05. The molecule has 0 aliphatic carbocycles. The largest absolute Gasteiger partial charge is 0.493 e. The van der Waals surface area contributed by atoms with Crippen molar-refractivity contribution in [3.63, 3.8) is 0 Å². The second kappa shape index (κ2) is 7.97. The number of fused-ring (bicyclic) bond motifs is 1. The third-order valence-corrected chi connectivity index (χ3v) is 4.16. The fourth-order valence-electron chi connectivity index (χ4n) is 2.65. The molecular weight excluding hydrogens is 362 g/mol. The molecule has 6 nitrogen and oxygen atoms in total.